The third-order valence-electron chi connectivity index (χ3n) is 9.81. The number of hydrogen-bond acceptors (Lipinski definition) is 12. The Kier molecular flexibility index (Phi) is 15.9. The number of rotatable bonds is 20. The summed E-state index contributed by atoms with van der Waals surface area (Å²) in [6.45, 7) is 5.17. The van der Waals surface area contributed by atoms with Gasteiger partial charge < -0.3 is 34.9 Å². The van der Waals surface area contributed by atoms with Gasteiger partial charge in [0.05, 0.1) is 10.7 Å². The zero-order valence-electron chi connectivity index (χ0n) is 33.8. The molecule has 4 aromatic rings. The standard InChI is InChI=1S/C43H48N4O13S/c1-27(2)39(46-42(50)58-26-38-36-13-6-4-11-34(36)35-12-5-7-14-37(35)38)41(49)44-28(3)40(48)45-31-16-15-30(29(24-31)10-8-21-57-22-9-23-61(54,55)56)25-59-43(51)60-33-19-17-32(18-20-33)47(52)53/h4-7,11-20,24,27-28,38-39H,8-10,21-23,25-26H2,1-3H3,(H,44,49)(H,45,48)(H,46,50)(H,54,55,56)/t28-,39-/m0/s1. The van der Waals surface area contributed by atoms with Crippen molar-refractivity contribution in [2.75, 3.05) is 30.9 Å². The molecule has 0 aliphatic heterocycles. The van der Waals surface area contributed by atoms with E-state index < -0.39 is 56.9 Å². The van der Waals surface area contributed by atoms with Gasteiger partial charge in [0.2, 0.25) is 11.8 Å². The summed E-state index contributed by atoms with van der Waals surface area (Å²) in [4.78, 5) is 62.6. The van der Waals surface area contributed by atoms with E-state index >= 15 is 0 Å². The Morgan fingerprint density at radius 1 is 0.803 bits per heavy atom. The minimum Gasteiger partial charge on any atom is -0.449 e. The van der Waals surface area contributed by atoms with Gasteiger partial charge in [-0.2, -0.15) is 8.42 Å². The van der Waals surface area contributed by atoms with Crippen LogP contribution in [-0.4, -0.2) is 79.6 Å². The second-order valence-electron chi connectivity index (χ2n) is 14.6. The van der Waals surface area contributed by atoms with Crippen molar-refractivity contribution >= 4 is 45.6 Å². The SMILES string of the molecule is CC(C)[C@H](NC(=O)OCC1c2ccccc2-c2ccccc21)C(=O)N[C@@H](C)C(=O)Nc1ccc(COC(=O)Oc2ccc([N+](=O)[O-])cc2)c(CCCOCCCS(=O)(=O)O)c1. The van der Waals surface area contributed by atoms with Crippen LogP contribution in [0.15, 0.2) is 91.0 Å². The van der Waals surface area contributed by atoms with E-state index in [1.807, 2.05) is 48.5 Å². The first-order chi connectivity index (χ1) is 29.1. The first kappa shape index (κ1) is 45.7. The highest BCUT2D eigenvalue weighted by molar-refractivity contribution is 7.85. The van der Waals surface area contributed by atoms with E-state index in [2.05, 4.69) is 16.0 Å². The van der Waals surface area contributed by atoms with Gasteiger partial charge in [-0.3, -0.25) is 24.3 Å². The lowest BCUT2D eigenvalue weighted by Crippen LogP contribution is -2.53. The maximum Gasteiger partial charge on any atom is 0.514 e. The summed E-state index contributed by atoms with van der Waals surface area (Å²) in [6.07, 6.45) is -0.899. The van der Waals surface area contributed by atoms with E-state index in [4.69, 9.17) is 23.5 Å². The van der Waals surface area contributed by atoms with E-state index in [1.54, 1.807) is 32.0 Å². The van der Waals surface area contributed by atoms with Gasteiger partial charge in [-0.25, -0.2) is 9.59 Å². The first-order valence-corrected chi connectivity index (χ1v) is 21.2. The molecule has 4 aromatic carbocycles. The molecule has 17 nitrogen and oxygen atoms in total. The lowest BCUT2D eigenvalue weighted by molar-refractivity contribution is -0.384. The van der Waals surface area contributed by atoms with Crippen LogP contribution < -0.4 is 20.7 Å². The van der Waals surface area contributed by atoms with Gasteiger partial charge in [-0.15, -0.1) is 0 Å². The lowest BCUT2D eigenvalue weighted by atomic mass is 9.98. The van der Waals surface area contributed by atoms with E-state index in [1.165, 1.54) is 31.2 Å². The van der Waals surface area contributed by atoms with Crippen LogP contribution >= 0.6 is 0 Å². The Bertz CT molecular complexity index is 2270. The number of alkyl carbamates (subject to hydrolysis) is 1. The number of fused-ring (bicyclic) bond motifs is 3. The number of benzene rings is 4. The molecule has 0 radical (unpaired) electrons. The number of anilines is 1. The van der Waals surface area contributed by atoms with Crippen molar-refractivity contribution in [2.45, 2.75) is 64.6 Å². The number of nitro benzene ring substituents is 1. The van der Waals surface area contributed by atoms with Gasteiger partial charge in [0.15, 0.2) is 0 Å². The quantitative estimate of drug-likeness (QED) is 0.0185. The highest BCUT2D eigenvalue weighted by Crippen LogP contribution is 2.44. The molecular weight excluding hydrogens is 813 g/mol. The normalized spacial score (nSPS) is 13.0. The van der Waals surface area contributed by atoms with Crippen molar-refractivity contribution < 1.29 is 56.0 Å². The Labute approximate surface area is 353 Å². The van der Waals surface area contributed by atoms with Crippen molar-refractivity contribution in [1.82, 2.24) is 10.6 Å². The van der Waals surface area contributed by atoms with E-state index in [9.17, 15) is 37.7 Å². The molecule has 18 heteroatoms. The van der Waals surface area contributed by atoms with Crippen molar-refractivity contribution in [1.29, 1.82) is 0 Å². The molecule has 324 valence electrons. The highest BCUT2D eigenvalue weighted by Gasteiger charge is 2.31. The number of nitrogens with zero attached hydrogens (tertiary/aromatic N) is 1. The van der Waals surface area contributed by atoms with Crippen LogP contribution in [0.3, 0.4) is 0 Å². The third-order valence-corrected chi connectivity index (χ3v) is 10.6. The van der Waals surface area contributed by atoms with Crippen molar-refractivity contribution in [3.8, 4) is 16.9 Å². The molecule has 0 spiro atoms. The van der Waals surface area contributed by atoms with Crippen LogP contribution in [0.2, 0.25) is 0 Å². The van der Waals surface area contributed by atoms with Gasteiger partial charge >= 0.3 is 12.2 Å². The lowest BCUT2D eigenvalue weighted by Gasteiger charge is -2.24. The molecule has 2 atom stereocenters. The minimum absolute atomic E-state index is 0.0361. The largest absolute Gasteiger partial charge is 0.514 e. The Balaban J connectivity index is 1.16. The Hall–Kier alpha value is -6.37. The second-order valence-corrected chi connectivity index (χ2v) is 16.2. The van der Waals surface area contributed by atoms with Gasteiger partial charge in [-0.1, -0.05) is 68.4 Å². The molecule has 4 N–H and O–H groups in total. The smallest absolute Gasteiger partial charge is 0.449 e. The molecule has 61 heavy (non-hydrogen) atoms. The average molecular weight is 861 g/mol. The number of non-ortho nitro benzene ring substituents is 1. The van der Waals surface area contributed by atoms with Gasteiger partial charge in [0, 0.05) is 37.0 Å². The summed E-state index contributed by atoms with van der Waals surface area (Å²) < 4.78 is 52.4. The van der Waals surface area contributed by atoms with Gasteiger partial charge in [-0.05, 0) is 89.8 Å². The summed E-state index contributed by atoms with van der Waals surface area (Å²) in [5, 5.41) is 19.0. The van der Waals surface area contributed by atoms with Crippen molar-refractivity contribution in [3.63, 3.8) is 0 Å². The van der Waals surface area contributed by atoms with E-state index in [-0.39, 0.29) is 56.1 Å². The molecule has 0 saturated carbocycles. The monoisotopic (exact) mass is 860 g/mol. The Morgan fingerprint density at radius 2 is 1.44 bits per heavy atom. The number of ether oxygens (including phenoxy) is 4. The zero-order valence-corrected chi connectivity index (χ0v) is 34.6. The van der Waals surface area contributed by atoms with Crippen molar-refractivity contribution in [3.05, 3.63) is 123 Å². The number of nitro groups is 1. The maximum absolute atomic E-state index is 13.4. The number of aryl methyl sites for hydroxylation is 1. The molecule has 0 aromatic heterocycles. The minimum atomic E-state index is -4.10. The Morgan fingerprint density at radius 3 is 2.07 bits per heavy atom. The summed E-state index contributed by atoms with van der Waals surface area (Å²) in [5.41, 5.74) is 5.66. The molecule has 0 fully saturated rings. The molecule has 0 saturated heterocycles. The topological polar surface area (TPSA) is 239 Å². The number of amides is 3. The molecule has 1 aliphatic carbocycles. The van der Waals surface area contributed by atoms with Crippen LogP contribution in [0.1, 0.15) is 61.8 Å². The number of nitrogens with one attached hydrogen (secondary N) is 3. The predicted octanol–water partition coefficient (Wildman–Crippen LogP) is 6.54. The van der Waals surface area contributed by atoms with Crippen LogP contribution in [-0.2, 0) is 46.9 Å². The summed E-state index contributed by atoms with van der Waals surface area (Å²) >= 11 is 0. The molecule has 0 bridgehead atoms. The van der Waals surface area contributed by atoms with Crippen LogP contribution in [0, 0.1) is 16.0 Å². The fraction of sp³-hybridized carbons (Fsp3) is 0.349. The molecule has 5 rings (SSSR count). The number of carbonyl (C=O) groups excluding carboxylic acids is 4. The molecule has 0 unspecified atom stereocenters. The fourth-order valence-electron chi connectivity index (χ4n) is 6.71. The predicted molar refractivity (Wildman–Crippen MR) is 224 cm³/mol. The van der Waals surface area contributed by atoms with Crippen LogP contribution in [0.5, 0.6) is 5.75 Å². The number of carbonyl (C=O) groups is 4. The summed E-state index contributed by atoms with van der Waals surface area (Å²) in [6, 6.07) is 23.6. The van der Waals surface area contributed by atoms with Gasteiger partial charge in [0.1, 0.15) is 31.0 Å². The third kappa shape index (κ3) is 13.3. The average Bonchev–Trinajstić information content (AvgIpc) is 3.54. The zero-order chi connectivity index (χ0) is 44.1. The van der Waals surface area contributed by atoms with Crippen LogP contribution in [0.25, 0.3) is 11.1 Å². The fourth-order valence-corrected chi connectivity index (χ4v) is 7.19. The first-order valence-electron chi connectivity index (χ1n) is 19.6. The molecule has 0 heterocycles. The molecular formula is C43H48N4O13S. The second kappa shape index (κ2) is 21.2. The number of hydrogen-bond donors (Lipinski definition) is 4. The van der Waals surface area contributed by atoms with E-state index in [0.717, 1.165) is 22.3 Å². The van der Waals surface area contributed by atoms with E-state index in [0.29, 0.717) is 29.7 Å². The maximum atomic E-state index is 13.4. The van der Waals surface area contributed by atoms with Crippen molar-refractivity contribution in [2.24, 2.45) is 5.92 Å². The highest BCUT2D eigenvalue weighted by atomic mass is 32.2. The van der Waals surface area contributed by atoms with Gasteiger partial charge in [0.25, 0.3) is 15.8 Å². The molecule has 3 amide bonds. The summed E-state index contributed by atoms with van der Waals surface area (Å²) in [5.74, 6) is -2.06. The van der Waals surface area contributed by atoms with Crippen LogP contribution in [0.4, 0.5) is 21.0 Å². The molecule has 1 aliphatic rings. The summed E-state index contributed by atoms with van der Waals surface area (Å²) in [7, 11) is -4.10.